The molecule has 0 aromatic heterocycles. The molecule has 1 aromatic carbocycles. The first-order valence-electron chi connectivity index (χ1n) is 7.36. The third-order valence-electron chi connectivity index (χ3n) is 3.94. The van der Waals surface area contributed by atoms with Crippen LogP contribution in [0.2, 0.25) is 0 Å². The van der Waals surface area contributed by atoms with E-state index >= 15 is 0 Å². The van der Waals surface area contributed by atoms with Crippen LogP contribution < -0.4 is 9.47 Å². The Balaban J connectivity index is 1.99. The molecule has 1 aliphatic rings. The summed E-state index contributed by atoms with van der Waals surface area (Å²) in [5.74, 6) is 1.64. The van der Waals surface area contributed by atoms with Gasteiger partial charge >= 0.3 is 0 Å². The van der Waals surface area contributed by atoms with Crippen LogP contribution in [0.1, 0.15) is 32.3 Å². The van der Waals surface area contributed by atoms with Gasteiger partial charge in [-0.05, 0) is 37.6 Å². The standard InChI is InChI=1S/C16H25NO3/c1-4-16(18,5-2)12-17(3)11-13-6-7-14-15(10-13)20-9-8-19-14/h6-7,10,18H,4-5,8-9,11-12H2,1-3H3. The molecule has 1 aliphatic heterocycles. The molecule has 0 unspecified atom stereocenters. The third-order valence-corrected chi connectivity index (χ3v) is 3.94. The van der Waals surface area contributed by atoms with Crippen LogP contribution in [0, 0.1) is 0 Å². The van der Waals surface area contributed by atoms with Crippen molar-refractivity contribution in [2.45, 2.75) is 38.8 Å². The monoisotopic (exact) mass is 279 g/mol. The average molecular weight is 279 g/mol. The Morgan fingerprint density at radius 2 is 1.80 bits per heavy atom. The van der Waals surface area contributed by atoms with Crippen LogP contribution in [-0.4, -0.2) is 42.4 Å². The van der Waals surface area contributed by atoms with E-state index in [9.17, 15) is 5.11 Å². The van der Waals surface area contributed by atoms with Crippen LogP contribution in [-0.2, 0) is 6.54 Å². The summed E-state index contributed by atoms with van der Waals surface area (Å²) >= 11 is 0. The number of hydrogen-bond acceptors (Lipinski definition) is 4. The molecule has 0 amide bonds. The van der Waals surface area contributed by atoms with Crippen molar-refractivity contribution in [2.75, 3.05) is 26.8 Å². The number of benzene rings is 1. The Morgan fingerprint density at radius 1 is 1.15 bits per heavy atom. The first-order chi connectivity index (χ1) is 9.56. The number of rotatable bonds is 6. The molecule has 0 spiro atoms. The van der Waals surface area contributed by atoms with Crippen LogP contribution in [0.25, 0.3) is 0 Å². The summed E-state index contributed by atoms with van der Waals surface area (Å²) < 4.78 is 11.1. The fourth-order valence-corrected chi connectivity index (χ4v) is 2.53. The third kappa shape index (κ3) is 3.64. The molecule has 1 N–H and O–H groups in total. The number of aliphatic hydroxyl groups is 1. The van der Waals surface area contributed by atoms with Crippen molar-refractivity contribution in [3.8, 4) is 11.5 Å². The van der Waals surface area contributed by atoms with Gasteiger partial charge in [0.2, 0.25) is 0 Å². The predicted octanol–water partition coefficient (Wildman–Crippen LogP) is 2.44. The van der Waals surface area contributed by atoms with E-state index in [1.807, 2.05) is 33.0 Å². The molecule has 0 fully saturated rings. The number of fused-ring (bicyclic) bond motifs is 1. The zero-order valence-corrected chi connectivity index (χ0v) is 12.7. The van der Waals surface area contributed by atoms with Crippen molar-refractivity contribution in [3.05, 3.63) is 23.8 Å². The smallest absolute Gasteiger partial charge is 0.161 e. The van der Waals surface area contributed by atoms with Gasteiger partial charge in [-0.25, -0.2) is 0 Å². The van der Waals surface area contributed by atoms with Crippen LogP contribution in [0.3, 0.4) is 0 Å². The lowest BCUT2D eigenvalue weighted by Crippen LogP contribution is -2.40. The van der Waals surface area contributed by atoms with E-state index in [0.717, 1.165) is 30.9 Å². The first-order valence-corrected chi connectivity index (χ1v) is 7.36. The van der Waals surface area contributed by atoms with Crippen molar-refractivity contribution >= 4 is 0 Å². The van der Waals surface area contributed by atoms with Crippen molar-refractivity contribution in [1.82, 2.24) is 4.90 Å². The second kappa shape index (κ2) is 6.46. The van der Waals surface area contributed by atoms with Gasteiger partial charge in [0, 0.05) is 13.1 Å². The highest BCUT2D eigenvalue weighted by Crippen LogP contribution is 2.31. The van der Waals surface area contributed by atoms with E-state index in [-0.39, 0.29) is 0 Å². The Kier molecular flexibility index (Phi) is 4.89. The Labute approximate surface area is 121 Å². The summed E-state index contributed by atoms with van der Waals surface area (Å²) in [6.07, 6.45) is 1.55. The molecule has 1 aromatic rings. The second-order valence-corrected chi connectivity index (χ2v) is 5.58. The second-order valence-electron chi connectivity index (χ2n) is 5.58. The highest BCUT2D eigenvalue weighted by atomic mass is 16.6. The zero-order valence-electron chi connectivity index (χ0n) is 12.7. The quantitative estimate of drug-likeness (QED) is 0.868. The molecule has 0 aliphatic carbocycles. The summed E-state index contributed by atoms with van der Waals surface area (Å²) in [5.41, 5.74) is 0.578. The predicted molar refractivity (Wildman–Crippen MR) is 79.3 cm³/mol. The molecule has 0 saturated carbocycles. The molecule has 2 rings (SSSR count). The van der Waals surface area contributed by atoms with Crippen molar-refractivity contribution in [3.63, 3.8) is 0 Å². The highest BCUT2D eigenvalue weighted by Gasteiger charge is 2.24. The van der Waals surface area contributed by atoms with Gasteiger partial charge in [-0.1, -0.05) is 19.9 Å². The molecular formula is C16H25NO3. The average Bonchev–Trinajstić information content (AvgIpc) is 2.47. The number of hydrogen-bond donors (Lipinski definition) is 1. The van der Waals surface area contributed by atoms with E-state index in [1.54, 1.807) is 0 Å². The molecule has 20 heavy (non-hydrogen) atoms. The molecule has 0 radical (unpaired) electrons. The maximum absolute atomic E-state index is 10.4. The van der Waals surface area contributed by atoms with Gasteiger partial charge in [0.15, 0.2) is 11.5 Å². The summed E-state index contributed by atoms with van der Waals surface area (Å²) in [4.78, 5) is 2.15. The number of likely N-dealkylation sites (N-methyl/N-ethyl adjacent to an activating group) is 1. The minimum absolute atomic E-state index is 0.595. The fourth-order valence-electron chi connectivity index (χ4n) is 2.53. The zero-order chi connectivity index (χ0) is 14.6. The summed E-state index contributed by atoms with van der Waals surface area (Å²) in [6, 6.07) is 6.05. The minimum atomic E-state index is -0.595. The van der Waals surface area contributed by atoms with Gasteiger partial charge in [0.05, 0.1) is 5.60 Å². The highest BCUT2D eigenvalue weighted by molar-refractivity contribution is 5.43. The lowest BCUT2D eigenvalue weighted by atomic mass is 9.97. The van der Waals surface area contributed by atoms with E-state index in [0.29, 0.717) is 19.8 Å². The molecule has 1 heterocycles. The Hall–Kier alpha value is -1.26. The van der Waals surface area contributed by atoms with Crippen LogP contribution in [0.5, 0.6) is 11.5 Å². The van der Waals surface area contributed by atoms with Gasteiger partial charge in [0.25, 0.3) is 0 Å². The van der Waals surface area contributed by atoms with Crippen LogP contribution in [0.4, 0.5) is 0 Å². The Morgan fingerprint density at radius 3 is 2.45 bits per heavy atom. The van der Waals surface area contributed by atoms with Crippen molar-refractivity contribution in [1.29, 1.82) is 0 Å². The van der Waals surface area contributed by atoms with Gasteiger partial charge in [-0.3, -0.25) is 4.90 Å². The van der Waals surface area contributed by atoms with Gasteiger partial charge < -0.3 is 14.6 Å². The summed E-state index contributed by atoms with van der Waals surface area (Å²) in [7, 11) is 2.03. The van der Waals surface area contributed by atoms with E-state index in [4.69, 9.17) is 9.47 Å². The topological polar surface area (TPSA) is 41.9 Å². The number of nitrogens with zero attached hydrogens (tertiary/aromatic N) is 1. The molecule has 0 bridgehead atoms. The minimum Gasteiger partial charge on any atom is -0.486 e. The van der Waals surface area contributed by atoms with Crippen LogP contribution >= 0.6 is 0 Å². The molecule has 4 heteroatoms. The molecule has 4 nitrogen and oxygen atoms in total. The first kappa shape index (κ1) is 15.1. The maximum Gasteiger partial charge on any atom is 0.161 e. The lowest BCUT2D eigenvalue weighted by Gasteiger charge is -2.31. The molecule has 112 valence electrons. The van der Waals surface area contributed by atoms with Crippen LogP contribution in [0.15, 0.2) is 18.2 Å². The molecular weight excluding hydrogens is 254 g/mol. The van der Waals surface area contributed by atoms with Gasteiger partial charge in [-0.2, -0.15) is 0 Å². The van der Waals surface area contributed by atoms with Crippen molar-refractivity contribution < 1.29 is 14.6 Å². The SMILES string of the molecule is CCC(O)(CC)CN(C)Cc1ccc2c(c1)OCCO2. The van der Waals surface area contributed by atoms with E-state index in [1.165, 1.54) is 5.56 Å². The van der Waals surface area contributed by atoms with E-state index < -0.39 is 5.60 Å². The summed E-state index contributed by atoms with van der Waals surface area (Å²) in [6.45, 7) is 6.75. The maximum atomic E-state index is 10.4. The Bertz CT molecular complexity index is 443. The number of ether oxygens (including phenoxy) is 2. The van der Waals surface area contributed by atoms with Gasteiger partial charge in [-0.15, -0.1) is 0 Å². The summed E-state index contributed by atoms with van der Waals surface area (Å²) in [5, 5.41) is 10.4. The van der Waals surface area contributed by atoms with Crippen molar-refractivity contribution in [2.24, 2.45) is 0 Å². The molecule has 0 saturated heterocycles. The normalized spacial score (nSPS) is 14.7. The molecule has 0 atom stereocenters. The lowest BCUT2D eigenvalue weighted by molar-refractivity contribution is 0.00128. The van der Waals surface area contributed by atoms with Gasteiger partial charge in [0.1, 0.15) is 13.2 Å². The van der Waals surface area contributed by atoms with E-state index in [2.05, 4.69) is 11.0 Å². The largest absolute Gasteiger partial charge is 0.486 e. The fraction of sp³-hybridized carbons (Fsp3) is 0.625.